The van der Waals surface area contributed by atoms with Crippen LogP contribution in [0.5, 0.6) is 0 Å². The molecule has 1 aliphatic rings. The summed E-state index contributed by atoms with van der Waals surface area (Å²) in [4.78, 5) is 14.3. The molecule has 0 saturated carbocycles. The predicted molar refractivity (Wildman–Crippen MR) is 78.8 cm³/mol. The summed E-state index contributed by atoms with van der Waals surface area (Å²) in [6.45, 7) is 3.16. The topological polar surface area (TPSA) is 89.7 Å². The van der Waals surface area contributed by atoms with Crippen LogP contribution >= 0.6 is 0 Å². The summed E-state index contributed by atoms with van der Waals surface area (Å²) in [5.74, 6) is -0.200. The number of morpholine rings is 1. The summed E-state index contributed by atoms with van der Waals surface area (Å²) in [6.07, 6.45) is 0.929. The summed E-state index contributed by atoms with van der Waals surface area (Å²) in [6, 6.07) is 5.92. The molecule has 1 fully saturated rings. The normalized spacial score (nSPS) is 21.1. The Labute approximate surface area is 124 Å². The van der Waals surface area contributed by atoms with E-state index in [2.05, 4.69) is 0 Å². The Hall–Kier alpha value is -1.44. The molecule has 7 heteroatoms. The number of rotatable bonds is 3. The quantitative estimate of drug-likeness (QED) is 0.866. The molecule has 2 atom stereocenters. The van der Waals surface area contributed by atoms with Crippen LogP contribution in [0.2, 0.25) is 0 Å². The van der Waals surface area contributed by atoms with E-state index in [1.807, 2.05) is 6.92 Å². The van der Waals surface area contributed by atoms with Crippen LogP contribution in [-0.2, 0) is 14.6 Å². The molecule has 116 valence electrons. The van der Waals surface area contributed by atoms with E-state index in [0.717, 1.165) is 6.26 Å². The van der Waals surface area contributed by atoms with Gasteiger partial charge in [0, 0.05) is 31.0 Å². The van der Waals surface area contributed by atoms with E-state index in [0.29, 0.717) is 25.3 Å². The Kier molecular flexibility index (Phi) is 4.65. The maximum atomic E-state index is 12.5. The van der Waals surface area contributed by atoms with E-state index in [4.69, 9.17) is 10.5 Å². The van der Waals surface area contributed by atoms with Crippen molar-refractivity contribution in [3.8, 4) is 0 Å². The van der Waals surface area contributed by atoms with Crippen molar-refractivity contribution in [2.24, 2.45) is 5.73 Å². The zero-order chi connectivity index (χ0) is 15.6. The van der Waals surface area contributed by atoms with Crippen LogP contribution in [0, 0.1) is 0 Å². The molecule has 21 heavy (non-hydrogen) atoms. The van der Waals surface area contributed by atoms with Gasteiger partial charge in [0.1, 0.15) is 0 Å². The predicted octanol–water partition coefficient (Wildman–Crippen LogP) is 0.278. The average Bonchev–Trinajstić information content (AvgIpc) is 2.46. The Morgan fingerprint density at radius 2 is 2.19 bits per heavy atom. The number of carbonyl (C=O) groups is 1. The average molecular weight is 312 g/mol. The highest BCUT2D eigenvalue weighted by Crippen LogP contribution is 2.16. The van der Waals surface area contributed by atoms with Crippen LogP contribution in [0.3, 0.4) is 0 Å². The highest BCUT2D eigenvalue weighted by Gasteiger charge is 2.27. The molecule has 2 N–H and O–H groups in total. The van der Waals surface area contributed by atoms with Crippen LogP contribution in [0.4, 0.5) is 0 Å². The van der Waals surface area contributed by atoms with Crippen molar-refractivity contribution in [2.45, 2.75) is 24.0 Å². The summed E-state index contributed by atoms with van der Waals surface area (Å²) < 4.78 is 28.6. The van der Waals surface area contributed by atoms with Gasteiger partial charge in [-0.25, -0.2) is 8.42 Å². The van der Waals surface area contributed by atoms with E-state index >= 15 is 0 Å². The fourth-order valence-corrected chi connectivity index (χ4v) is 2.89. The molecule has 6 nitrogen and oxygen atoms in total. The maximum absolute atomic E-state index is 12.5. The molecule has 1 aromatic carbocycles. The van der Waals surface area contributed by atoms with Gasteiger partial charge in [0.05, 0.1) is 17.6 Å². The molecule has 0 aromatic heterocycles. The number of nitrogens with two attached hydrogens (primary N) is 1. The van der Waals surface area contributed by atoms with E-state index in [1.165, 1.54) is 12.1 Å². The van der Waals surface area contributed by atoms with Gasteiger partial charge in [-0.3, -0.25) is 4.79 Å². The Bertz CT molecular complexity index is 628. The van der Waals surface area contributed by atoms with Gasteiger partial charge in [-0.15, -0.1) is 0 Å². The van der Waals surface area contributed by atoms with Crippen LogP contribution in [0.25, 0.3) is 0 Å². The van der Waals surface area contributed by atoms with Crippen LogP contribution < -0.4 is 5.73 Å². The number of carbonyl (C=O) groups excluding carboxylic acids is 1. The van der Waals surface area contributed by atoms with Crippen molar-refractivity contribution in [3.63, 3.8) is 0 Å². The minimum Gasteiger partial charge on any atom is -0.373 e. The summed E-state index contributed by atoms with van der Waals surface area (Å²) in [7, 11) is -3.33. The number of hydrogen-bond acceptors (Lipinski definition) is 5. The molecule has 0 spiro atoms. The van der Waals surface area contributed by atoms with Crippen LogP contribution in [0.15, 0.2) is 29.2 Å². The number of hydrogen-bond donors (Lipinski definition) is 1. The third kappa shape index (κ3) is 3.81. The summed E-state index contributed by atoms with van der Waals surface area (Å²) in [5.41, 5.74) is 6.17. The Morgan fingerprint density at radius 3 is 2.81 bits per heavy atom. The number of benzene rings is 1. The second kappa shape index (κ2) is 6.13. The Morgan fingerprint density at radius 1 is 1.48 bits per heavy atom. The zero-order valence-corrected chi connectivity index (χ0v) is 13.0. The molecule has 2 unspecified atom stereocenters. The van der Waals surface area contributed by atoms with E-state index in [9.17, 15) is 13.2 Å². The molecule has 1 amide bonds. The molecule has 0 aliphatic carbocycles. The molecule has 2 rings (SSSR count). The zero-order valence-electron chi connectivity index (χ0n) is 12.2. The first kappa shape index (κ1) is 15.9. The smallest absolute Gasteiger partial charge is 0.254 e. The lowest BCUT2D eigenvalue weighted by Crippen LogP contribution is -2.51. The standard InChI is InChI=1S/C14H20N2O4S/c1-10(15)13-9-16(6-7-20-13)14(17)11-4-3-5-12(8-11)21(2,18)19/h3-5,8,10,13H,6-7,9,15H2,1-2H3. The van der Waals surface area contributed by atoms with Crippen LogP contribution in [0.1, 0.15) is 17.3 Å². The van der Waals surface area contributed by atoms with Gasteiger partial charge in [0.15, 0.2) is 9.84 Å². The molecular formula is C14H20N2O4S. The lowest BCUT2D eigenvalue weighted by atomic mass is 10.1. The third-order valence-electron chi connectivity index (χ3n) is 3.48. The second-order valence-corrected chi connectivity index (χ2v) is 7.34. The van der Waals surface area contributed by atoms with Crippen LogP contribution in [-0.4, -0.2) is 57.3 Å². The molecule has 0 bridgehead atoms. The van der Waals surface area contributed by atoms with E-state index in [1.54, 1.807) is 17.0 Å². The van der Waals surface area contributed by atoms with Crippen molar-refractivity contribution in [1.29, 1.82) is 0 Å². The highest BCUT2D eigenvalue weighted by atomic mass is 32.2. The van der Waals surface area contributed by atoms with Gasteiger partial charge in [-0.2, -0.15) is 0 Å². The molecule has 1 aliphatic heterocycles. The van der Waals surface area contributed by atoms with E-state index < -0.39 is 9.84 Å². The van der Waals surface area contributed by atoms with Crippen molar-refractivity contribution in [1.82, 2.24) is 4.90 Å². The Balaban J connectivity index is 2.20. The number of ether oxygens (including phenoxy) is 1. The van der Waals surface area contributed by atoms with Crippen molar-refractivity contribution < 1.29 is 17.9 Å². The number of amides is 1. The van der Waals surface area contributed by atoms with Crippen molar-refractivity contribution in [3.05, 3.63) is 29.8 Å². The van der Waals surface area contributed by atoms with E-state index in [-0.39, 0.29) is 22.9 Å². The van der Waals surface area contributed by atoms with Gasteiger partial charge in [0.25, 0.3) is 5.91 Å². The van der Waals surface area contributed by atoms with Crippen molar-refractivity contribution in [2.75, 3.05) is 26.0 Å². The van der Waals surface area contributed by atoms with Gasteiger partial charge in [-0.05, 0) is 25.1 Å². The fraction of sp³-hybridized carbons (Fsp3) is 0.500. The molecule has 1 saturated heterocycles. The number of sulfone groups is 1. The minimum atomic E-state index is -3.33. The van der Waals surface area contributed by atoms with Gasteiger partial charge in [-0.1, -0.05) is 6.07 Å². The van der Waals surface area contributed by atoms with Crippen molar-refractivity contribution >= 4 is 15.7 Å². The first-order chi connectivity index (χ1) is 9.79. The minimum absolute atomic E-state index is 0.144. The van der Waals surface area contributed by atoms with Gasteiger partial charge in [0.2, 0.25) is 0 Å². The lowest BCUT2D eigenvalue weighted by Gasteiger charge is -2.34. The number of nitrogens with zero attached hydrogens (tertiary/aromatic N) is 1. The summed E-state index contributed by atoms with van der Waals surface area (Å²) >= 11 is 0. The highest BCUT2D eigenvalue weighted by molar-refractivity contribution is 7.90. The first-order valence-corrected chi connectivity index (χ1v) is 8.65. The SMILES string of the molecule is CC(N)C1CN(C(=O)c2cccc(S(C)(=O)=O)c2)CCO1. The molecule has 1 aromatic rings. The molecule has 1 heterocycles. The first-order valence-electron chi connectivity index (χ1n) is 6.75. The fourth-order valence-electron chi connectivity index (χ4n) is 2.22. The molecule has 0 radical (unpaired) electrons. The van der Waals surface area contributed by atoms with Gasteiger partial charge < -0.3 is 15.4 Å². The largest absolute Gasteiger partial charge is 0.373 e. The third-order valence-corrected chi connectivity index (χ3v) is 4.59. The maximum Gasteiger partial charge on any atom is 0.254 e. The lowest BCUT2D eigenvalue weighted by molar-refractivity contribution is -0.0300. The molecular weight excluding hydrogens is 292 g/mol. The summed E-state index contributed by atoms with van der Waals surface area (Å²) in [5, 5.41) is 0. The second-order valence-electron chi connectivity index (χ2n) is 5.32. The monoisotopic (exact) mass is 312 g/mol. The van der Waals surface area contributed by atoms with Gasteiger partial charge >= 0.3 is 0 Å².